The molecule has 14 heavy (non-hydrogen) atoms. The Morgan fingerprint density at radius 1 is 1.07 bits per heavy atom. The summed E-state index contributed by atoms with van der Waals surface area (Å²) in [5, 5.41) is 0. The minimum atomic E-state index is -4.93. The second kappa shape index (κ2) is 4.35. The Balaban J connectivity index is 4.73. The fourth-order valence-electron chi connectivity index (χ4n) is 0.701. The molecule has 0 fully saturated rings. The summed E-state index contributed by atoms with van der Waals surface area (Å²) >= 11 is 0. The Morgan fingerprint density at radius 2 is 1.50 bits per heavy atom. The highest BCUT2D eigenvalue weighted by Gasteiger charge is 2.59. The van der Waals surface area contributed by atoms with Gasteiger partial charge in [-0.1, -0.05) is 6.92 Å². The number of hydrogen-bond donors (Lipinski definition) is 0. The first kappa shape index (κ1) is 13.5. The summed E-state index contributed by atoms with van der Waals surface area (Å²) < 4.78 is 85.3. The van der Waals surface area contributed by atoms with Gasteiger partial charge < -0.3 is 0 Å². The van der Waals surface area contributed by atoms with E-state index in [0.717, 1.165) is 0 Å². The van der Waals surface area contributed by atoms with Crippen LogP contribution in [-0.2, 0) is 0 Å². The summed E-state index contributed by atoms with van der Waals surface area (Å²) in [6, 6.07) is 0. The summed E-state index contributed by atoms with van der Waals surface area (Å²) in [5.74, 6) is -9.82. The molecule has 0 aromatic heterocycles. The molecular formula is C7H8F7. The van der Waals surface area contributed by atoms with Crippen LogP contribution in [0, 0.1) is 6.92 Å². The number of alkyl halides is 7. The predicted octanol–water partition coefficient (Wildman–Crippen LogP) is 3.13. The van der Waals surface area contributed by atoms with Gasteiger partial charge in [0.2, 0.25) is 6.17 Å². The number of rotatable bonds is 5. The van der Waals surface area contributed by atoms with Gasteiger partial charge in [0.1, 0.15) is 0 Å². The molecule has 0 heterocycles. The van der Waals surface area contributed by atoms with Crippen molar-refractivity contribution in [3.63, 3.8) is 0 Å². The molecule has 0 rings (SSSR count). The number of halogens is 7. The molecule has 0 spiro atoms. The predicted molar refractivity (Wildman–Crippen MR) is 35.6 cm³/mol. The molecule has 0 bridgehead atoms. The molecule has 1 radical (unpaired) electrons. The fourth-order valence-corrected chi connectivity index (χ4v) is 0.701. The van der Waals surface area contributed by atoms with Gasteiger partial charge in [0.05, 0.1) is 0 Å². The average molecular weight is 225 g/mol. The van der Waals surface area contributed by atoms with Crippen LogP contribution in [0.1, 0.15) is 6.42 Å². The molecule has 0 saturated heterocycles. The molecule has 7 heteroatoms. The largest absolute Gasteiger partial charge is 0.315 e. The fraction of sp³-hybridized carbons (Fsp3) is 0.857. The van der Waals surface area contributed by atoms with Gasteiger partial charge >= 0.3 is 11.8 Å². The smallest absolute Gasteiger partial charge is 0.244 e. The molecule has 0 aromatic carbocycles. The first-order chi connectivity index (χ1) is 6.20. The maximum absolute atomic E-state index is 12.5. The van der Waals surface area contributed by atoms with Crippen molar-refractivity contribution in [1.82, 2.24) is 0 Å². The zero-order valence-electron chi connectivity index (χ0n) is 6.92. The van der Waals surface area contributed by atoms with Crippen molar-refractivity contribution < 1.29 is 30.7 Å². The lowest BCUT2D eigenvalue weighted by Crippen LogP contribution is -2.50. The Bertz CT molecular complexity index is 179. The van der Waals surface area contributed by atoms with Crippen LogP contribution in [0.4, 0.5) is 30.7 Å². The second-order valence-corrected chi connectivity index (χ2v) is 2.69. The van der Waals surface area contributed by atoms with Crippen molar-refractivity contribution in [2.24, 2.45) is 0 Å². The lowest BCUT2D eigenvalue weighted by Gasteiger charge is -2.27. The highest BCUT2D eigenvalue weighted by molar-refractivity contribution is 4.93. The monoisotopic (exact) mass is 225 g/mol. The molecule has 85 valence electrons. The van der Waals surface area contributed by atoms with Crippen molar-refractivity contribution in [3.8, 4) is 0 Å². The molecule has 0 aliphatic carbocycles. The third kappa shape index (κ3) is 2.51. The summed E-state index contributed by atoms with van der Waals surface area (Å²) in [4.78, 5) is 0. The lowest BCUT2D eigenvalue weighted by molar-refractivity contribution is -0.210. The standard InChI is InChI=1S/C7H8F7/c1-2-4(9)7(13,14)5(10)6(11,12)3-8/h4-5H,1-3H2/t4?,5-/m0/s1. The van der Waals surface area contributed by atoms with Gasteiger partial charge in [0, 0.05) is 0 Å². The third-order valence-electron chi connectivity index (χ3n) is 1.56. The van der Waals surface area contributed by atoms with Crippen LogP contribution in [0.5, 0.6) is 0 Å². The lowest BCUT2D eigenvalue weighted by atomic mass is 10.0. The Hall–Kier alpha value is -0.490. The summed E-state index contributed by atoms with van der Waals surface area (Å²) in [7, 11) is 0. The van der Waals surface area contributed by atoms with Gasteiger partial charge in [-0.2, -0.15) is 8.78 Å². The van der Waals surface area contributed by atoms with Crippen LogP contribution in [-0.4, -0.2) is 30.9 Å². The van der Waals surface area contributed by atoms with Gasteiger partial charge in [-0.15, -0.1) is 0 Å². The van der Waals surface area contributed by atoms with Crippen molar-refractivity contribution in [2.75, 3.05) is 6.67 Å². The summed E-state index contributed by atoms with van der Waals surface area (Å²) in [6.07, 6.45) is -8.41. The second-order valence-electron chi connectivity index (χ2n) is 2.69. The highest BCUT2D eigenvalue weighted by atomic mass is 19.3. The van der Waals surface area contributed by atoms with Crippen LogP contribution in [0.3, 0.4) is 0 Å². The third-order valence-corrected chi connectivity index (χ3v) is 1.56. The van der Waals surface area contributed by atoms with Crippen molar-refractivity contribution in [1.29, 1.82) is 0 Å². The van der Waals surface area contributed by atoms with Crippen LogP contribution < -0.4 is 0 Å². The van der Waals surface area contributed by atoms with E-state index >= 15 is 0 Å². The van der Waals surface area contributed by atoms with Crippen molar-refractivity contribution >= 4 is 0 Å². The first-order valence-corrected chi connectivity index (χ1v) is 3.59. The van der Waals surface area contributed by atoms with E-state index < -0.39 is 37.3 Å². The SMILES string of the molecule is [CH2]CC(F)C(F)(F)[C@@H](F)C(F)(F)CF. The minimum absolute atomic E-state index is 1.07. The van der Waals surface area contributed by atoms with Crippen LogP contribution in [0.2, 0.25) is 0 Å². The van der Waals surface area contributed by atoms with Crippen molar-refractivity contribution in [3.05, 3.63) is 6.92 Å². The molecule has 1 unspecified atom stereocenters. The molecule has 0 amide bonds. The first-order valence-electron chi connectivity index (χ1n) is 3.59. The van der Waals surface area contributed by atoms with Crippen LogP contribution >= 0.6 is 0 Å². The highest BCUT2D eigenvalue weighted by Crippen LogP contribution is 2.38. The average Bonchev–Trinajstić information content (AvgIpc) is 2.15. The summed E-state index contributed by atoms with van der Waals surface area (Å²) in [5.41, 5.74) is 0. The van der Waals surface area contributed by atoms with E-state index in [1.54, 1.807) is 0 Å². The minimum Gasteiger partial charge on any atom is -0.244 e. The van der Waals surface area contributed by atoms with E-state index in [0.29, 0.717) is 0 Å². The molecular weight excluding hydrogens is 217 g/mol. The Morgan fingerprint density at radius 3 is 1.79 bits per heavy atom. The van der Waals surface area contributed by atoms with Gasteiger partial charge in [-0.3, -0.25) is 0 Å². The zero-order valence-corrected chi connectivity index (χ0v) is 6.92. The van der Waals surface area contributed by atoms with E-state index in [1.807, 2.05) is 0 Å². The topological polar surface area (TPSA) is 0 Å². The quantitative estimate of drug-likeness (QED) is 0.630. The van der Waals surface area contributed by atoms with Crippen LogP contribution in [0.15, 0.2) is 0 Å². The maximum Gasteiger partial charge on any atom is 0.315 e. The molecule has 0 aliphatic rings. The van der Waals surface area contributed by atoms with Gasteiger partial charge in [-0.05, 0) is 6.42 Å². The zero-order chi connectivity index (χ0) is 11.6. The molecule has 0 saturated carbocycles. The van der Waals surface area contributed by atoms with Gasteiger partial charge in [0.25, 0.3) is 0 Å². The molecule has 0 nitrogen and oxygen atoms in total. The van der Waals surface area contributed by atoms with E-state index in [4.69, 9.17) is 0 Å². The Labute approximate surface area is 76.1 Å². The molecule has 0 aliphatic heterocycles. The normalized spacial score (nSPS) is 18.0. The van der Waals surface area contributed by atoms with Crippen molar-refractivity contribution in [2.45, 2.75) is 30.6 Å². The van der Waals surface area contributed by atoms with E-state index in [2.05, 4.69) is 6.92 Å². The molecule has 0 aromatic rings. The number of hydrogen-bond acceptors (Lipinski definition) is 0. The van der Waals surface area contributed by atoms with E-state index in [9.17, 15) is 30.7 Å². The Kier molecular flexibility index (Phi) is 4.20. The van der Waals surface area contributed by atoms with E-state index in [1.165, 1.54) is 0 Å². The molecule has 0 N–H and O–H groups in total. The van der Waals surface area contributed by atoms with Gasteiger partial charge in [-0.25, -0.2) is 22.0 Å². The molecule has 2 atom stereocenters. The van der Waals surface area contributed by atoms with Gasteiger partial charge in [0.15, 0.2) is 12.8 Å². The maximum atomic E-state index is 12.5. The van der Waals surface area contributed by atoms with E-state index in [-0.39, 0.29) is 0 Å². The summed E-state index contributed by atoms with van der Waals surface area (Å²) in [6.45, 7) is 0.0783. The van der Waals surface area contributed by atoms with Crippen LogP contribution in [0.25, 0.3) is 0 Å².